The number of benzene rings is 1. The molecule has 194 valence electrons. The number of hydrogen-bond donors (Lipinski definition) is 2. The molecular weight excluding hydrogens is 487 g/mol. The minimum Gasteiger partial charge on any atom is -0.493 e. The van der Waals surface area contributed by atoms with Crippen molar-refractivity contribution in [2.45, 2.75) is 13.1 Å². The second-order valence-electron chi connectivity index (χ2n) is 8.55. The standard InChI is InChI=1S/C27H27FN8O2/c1-29-14-18-11-21(26(32-15-18)20-10-17(6-8-30-20)16-36(2)3)34-24-7-9-31-27(35-24)33-19-12-22(37-4)25(28)23(13-19)38-5/h6-13,15H,14,16H2,2-5H3,(H2,31,33,34,35). The molecular formula is C27H27FN8O2. The quantitative estimate of drug-likeness (QED) is 0.281. The zero-order valence-electron chi connectivity index (χ0n) is 21.5. The average Bonchev–Trinajstić information content (AvgIpc) is 2.90. The van der Waals surface area contributed by atoms with Crippen molar-refractivity contribution in [2.75, 3.05) is 38.9 Å². The van der Waals surface area contributed by atoms with Crippen LogP contribution in [0.1, 0.15) is 11.1 Å². The largest absolute Gasteiger partial charge is 0.493 e. The highest BCUT2D eigenvalue weighted by atomic mass is 19.1. The van der Waals surface area contributed by atoms with Crippen molar-refractivity contribution >= 4 is 23.1 Å². The minimum absolute atomic E-state index is 0.0254. The zero-order chi connectivity index (χ0) is 27.1. The fourth-order valence-electron chi connectivity index (χ4n) is 3.75. The number of nitrogens with one attached hydrogen (secondary N) is 2. The Morgan fingerprint density at radius 2 is 1.68 bits per heavy atom. The number of methoxy groups -OCH3 is 2. The summed E-state index contributed by atoms with van der Waals surface area (Å²) in [5, 5.41) is 6.34. The monoisotopic (exact) mass is 514 g/mol. The fourth-order valence-corrected chi connectivity index (χ4v) is 3.75. The van der Waals surface area contributed by atoms with Gasteiger partial charge in [0.1, 0.15) is 11.5 Å². The first-order chi connectivity index (χ1) is 18.4. The Hall–Kier alpha value is -4.82. The van der Waals surface area contributed by atoms with Gasteiger partial charge in [-0.05, 0) is 43.9 Å². The zero-order valence-corrected chi connectivity index (χ0v) is 21.5. The van der Waals surface area contributed by atoms with Gasteiger partial charge in [-0.3, -0.25) is 9.97 Å². The lowest BCUT2D eigenvalue weighted by Crippen LogP contribution is -2.10. The van der Waals surface area contributed by atoms with Gasteiger partial charge in [0, 0.05) is 43.0 Å². The van der Waals surface area contributed by atoms with E-state index in [0.717, 1.165) is 17.7 Å². The van der Waals surface area contributed by atoms with Crippen molar-refractivity contribution in [3.8, 4) is 22.9 Å². The maximum atomic E-state index is 14.3. The van der Waals surface area contributed by atoms with Crippen LogP contribution in [0.25, 0.3) is 16.2 Å². The number of pyridine rings is 2. The molecule has 0 aliphatic rings. The SMILES string of the molecule is [C-]#[N+]Cc1cnc(-c2cc(CN(C)C)ccn2)c(Nc2ccnc(Nc3cc(OC)c(F)c(OC)c3)n2)c1. The van der Waals surface area contributed by atoms with Crippen LogP contribution in [0.3, 0.4) is 0 Å². The predicted molar refractivity (Wildman–Crippen MR) is 143 cm³/mol. The summed E-state index contributed by atoms with van der Waals surface area (Å²) >= 11 is 0. The van der Waals surface area contributed by atoms with Gasteiger partial charge < -0.3 is 29.9 Å². The van der Waals surface area contributed by atoms with Crippen LogP contribution in [0.5, 0.6) is 11.5 Å². The molecule has 0 bridgehead atoms. The van der Waals surface area contributed by atoms with Gasteiger partial charge in [0.15, 0.2) is 11.5 Å². The number of anilines is 4. The van der Waals surface area contributed by atoms with E-state index in [4.69, 9.17) is 16.0 Å². The fraction of sp³-hybridized carbons (Fsp3) is 0.222. The van der Waals surface area contributed by atoms with Gasteiger partial charge in [-0.2, -0.15) is 9.37 Å². The van der Waals surface area contributed by atoms with E-state index in [1.165, 1.54) is 26.4 Å². The summed E-state index contributed by atoms with van der Waals surface area (Å²) in [4.78, 5) is 23.5. The van der Waals surface area contributed by atoms with E-state index >= 15 is 0 Å². The summed E-state index contributed by atoms with van der Waals surface area (Å²) in [5.41, 5.74) is 4.31. The molecule has 4 rings (SSSR count). The van der Waals surface area contributed by atoms with Gasteiger partial charge in [-0.1, -0.05) is 0 Å². The maximum absolute atomic E-state index is 14.3. The van der Waals surface area contributed by atoms with E-state index < -0.39 is 5.82 Å². The molecule has 0 atom stereocenters. The molecule has 0 amide bonds. The Labute approximate surface area is 220 Å². The number of rotatable bonds is 10. The molecule has 0 saturated carbocycles. The van der Waals surface area contributed by atoms with Crippen LogP contribution in [0.4, 0.5) is 27.5 Å². The van der Waals surface area contributed by atoms with Gasteiger partial charge in [0.05, 0.1) is 31.2 Å². The van der Waals surface area contributed by atoms with Crippen molar-refractivity contribution < 1.29 is 13.9 Å². The summed E-state index contributed by atoms with van der Waals surface area (Å²) in [7, 11) is 6.76. The summed E-state index contributed by atoms with van der Waals surface area (Å²) in [6, 6.07) is 10.5. The molecule has 10 nitrogen and oxygen atoms in total. The molecule has 0 fully saturated rings. The number of ether oxygens (including phenoxy) is 2. The highest BCUT2D eigenvalue weighted by Crippen LogP contribution is 2.33. The van der Waals surface area contributed by atoms with Crippen LogP contribution in [-0.4, -0.2) is 53.2 Å². The summed E-state index contributed by atoms with van der Waals surface area (Å²) in [5.74, 6) is 0.203. The Morgan fingerprint density at radius 1 is 0.947 bits per heavy atom. The van der Waals surface area contributed by atoms with Gasteiger partial charge in [0.2, 0.25) is 18.3 Å². The Morgan fingerprint density at radius 3 is 2.37 bits per heavy atom. The Balaban J connectivity index is 1.66. The van der Waals surface area contributed by atoms with E-state index in [0.29, 0.717) is 28.6 Å². The van der Waals surface area contributed by atoms with Crippen LogP contribution >= 0.6 is 0 Å². The first kappa shape index (κ1) is 26.2. The Kier molecular flexibility index (Phi) is 8.25. The van der Waals surface area contributed by atoms with E-state index in [1.807, 2.05) is 32.3 Å². The predicted octanol–water partition coefficient (Wildman–Crippen LogP) is 5.06. The number of nitrogens with zero attached hydrogens (tertiary/aromatic N) is 6. The molecule has 4 aromatic rings. The van der Waals surface area contributed by atoms with E-state index in [1.54, 1.807) is 24.7 Å². The van der Waals surface area contributed by atoms with E-state index in [-0.39, 0.29) is 24.0 Å². The van der Waals surface area contributed by atoms with Crippen molar-refractivity contribution in [1.82, 2.24) is 24.8 Å². The highest BCUT2D eigenvalue weighted by molar-refractivity contribution is 5.76. The second-order valence-corrected chi connectivity index (χ2v) is 8.55. The molecule has 0 saturated heterocycles. The lowest BCUT2D eigenvalue weighted by Gasteiger charge is -2.14. The molecule has 2 N–H and O–H groups in total. The van der Waals surface area contributed by atoms with Crippen LogP contribution in [0.15, 0.2) is 55.0 Å². The smallest absolute Gasteiger partial charge is 0.241 e. The van der Waals surface area contributed by atoms with Gasteiger partial charge >= 0.3 is 0 Å². The van der Waals surface area contributed by atoms with Gasteiger partial charge in [-0.15, -0.1) is 0 Å². The van der Waals surface area contributed by atoms with E-state index in [9.17, 15) is 4.39 Å². The molecule has 3 aromatic heterocycles. The van der Waals surface area contributed by atoms with Crippen molar-refractivity contribution in [3.05, 3.63) is 83.4 Å². The van der Waals surface area contributed by atoms with Crippen LogP contribution in [-0.2, 0) is 13.1 Å². The Bertz CT molecular complexity index is 1450. The summed E-state index contributed by atoms with van der Waals surface area (Å²) in [6.45, 7) is 8.19. The lowest BCUT2D eigenvalue weighted by atomic mass is 10.1. The average molecular weight is 515 g/mol. The third-order valence-corrected chi connectivity index (χ3v) is 5.39. The number of hydrogen-bond acceptors (Lipinski definition) is 9. The third-order valence-electron chi connectivity index (χ3n) is 5.39. The normalized spacial score (nSPS) is 10.7. The minimum atomic E-state index is -0.598. The second kappa shape index (κ2) is 11.9. The lowest BCUT2D eigenvalue weighted by molar-refractivity contribution is 0.351. The molecule has 0 aliphatic carbocycles. The number of halogens is 1. The summed E-state index contributed by atoms with van der Waals surface area (Å²) < 4.78 is 24.5. The van der Waals surface area contributed by atoms with Crippen molar-refractivity contribution in [3.63, 3.8) is 0 Å². The third kappa shape index (κ3) is 6.29. The molecule has 0 spiro atoms. The van der Waals surface area contributed by atoms with Crippen molar-refractivity contribution in [1.29, 1.82) is 0 Å². The molecule has 0 radical (unpaired) electrons. The number of aromatic nitrogens is 4. The summed E-state index contributed by atoms with van der Waals surface area (Å²) in [6.07, 6.45) is 5.02. The van der Waals surface area contributed by atoms with Crippen LogP contribution < -0.4 is 20.1 Å². The van der Waals surface area contributed by atoms with E-state index in [2.05, 4.69) is 40.3 Å². The highest BCUT2D eigenvalue weighted by Gasteiger charge is 2.15. The first-order valence-electron chi connectivity index (χ1n) is 11.6. The topological polar surface area (TPSA) is 102 Å². The van der Waals surface area contributed by atoms with Crippen LogP contribution in [0, 0.1) is 12.4 Å². The maximum Gasteiger partial charge on any atom is 0.241 e. The van der Waals surface area contributed by atoms with Gasteiger partial charge in [-0.25, -0.2) is 11.6 Å². The first-order valence-corrected chi connectivity index (χ1v) is 11.6. The molecule has 38 heavy (non-hydrogen) atoms. The van der Waals surface area contributed by atoms with Gasteiger partial charge in [0.25, 0.3) is 0 Å². The van der Waals surface area contributed by atoms with Crippen molar-refractivity contribution in [2.24, 2.45) is 0 Å². The molecule has 0 unspecified atom stereocenters. The molecule has 1 aromatic carbocycles. The molecule has 3 heterocycles. The van der Waals surface area contributed by atoms with Crippen LogP contribution in [0.2, 0.25) is 0 Å². The molecule has 0 aliphatic heterocycles. The molecule has 11 heteroatoms.